The SMILES string of the molecule is CCOC1CC(O)C12CCN(C(=O)CNCC1CC1)CC2.Cl. The summed E-state index contributed by atoms with van der Waals surface area (Å²) in [4.78, 5) is 14.1. The molecule has 0 aromatic rings. The molecule has 1 spiro atoms. The molecule has 2 saturated carbocycles. The van der Waals surface area contributed by atoms with Crippen LogP contribution in [-0.2, 0) is 9.53 Å². The van der Waals surface area contributed by atoms with Crippen LogP contribution in [0.15, 0.2) is 0 Å². The van der Waals surface area contributed by atoms with Gasteiger partial charge in [-0.25, -0.2) is 0 Å². The molecule has 2 aliphatic carbocycles. The molecule has 0 radical (unpaired) electrons. The lowest BCUT2D eigenvalue weighted by molar-refractivity contribution is -0.209. The molecule has 1 amide bonds. The molecule has 2 unspecified atom stereocenters. The second kappa shape index (κ2) is 7.47. The largest absolute Gasteiger partial charge is 0.392 e. The van der Waals surface area contributed by atoms with E-state index in [1.54, 1.807) is 0 Å². The number of aliphatic hydroxyl groups excluding tert-OH is 1. The zero-order valence-corrected chi connectivity index (χ0v) is 14.2. The molecule has 1 aliphatic heterocycles. The van der Waals surface area contributed by atoms with Crippen molar-refractivity contribution in [2.45, 2.75) is 51.2 Å². The maximum atomic E-state index is 12.2. The normalized spacial score (nSPS) is 29.8. The van der Waals surface area contributed by atoms with Crippen molar-refractivity contribution in [2.75, 3.05) is 32.8 Å². The van der Waals surface area contributed by atoms with Gasteiger partial charge in [0.05, 0.1) is 18.8 Å². The molecule has 2 atom stereocenters. The number of nitrogens with one attached hydrogen (secondary N) is 1. The van der Waals surface area contributed by atoms with Crippen molar-refractivity contribution in [2.24, 2.45) is 11.3 Å². The van der Waals surface area contributed by atoms with Gasteiger partial charge in [-0.05, 0) is 45.1 Å². The zero-order valence-electron chi connectivity index (χ0n) is 13.4. The summed E-state index contributed by atoms with van der Waals surface area (Å²) in [5, 5.41) is 13.4. The third-order valence-corrected chi connectivity index (χ3v) is 5.56. The minimum absolute atomic E-state index is 0. The Hall–Kier alpha value is -0.360. The van der Waals surface area contributed by atoms with Crippen LogP contribution in [0.1, 0.15) is 39.0 Å². The van der Waals surface area contributed by atoms with Crippen molar-refractivity contribution in [3.63, 3.8) is 0 Å². The molecular weight excluding hydrogens is 304 g/mol. The fraction of sp³-hybridized carbons (Fsp3) is 0.938. The number of hydrogen-bond donors (Lipinski definition) is 2. The molecule has 128 valence electrons. The number of nitrogens with zero attached hydrogens (tertiary/aromatic N) is 1. The second-order valence-corrected chi connectivity index (χ2v) is 6.88. The van der Waals surface area contributed by atoms with Crippen LogP contribution in [0.4, 0.5) is 0 Å². The molecule has 0 aromatic heterocycles. The number of piperidine rings is 1. The first-order valence-corrected chi connectivity index (χ1v) is 8.44. The fourth-order valence-corrected chi connectivity index (χ4v) is 3.81. The minimum atomic E-state index is -0.251. The first-order valence-electron chi connectivity index (χ1n) is 8.44. The maximum absolute atomic E-state index is 12.2. The molecule has 0 bridgehead atoms. The van der Waals surface area contributed by atoms with Gasteiger partial charge in [0.15, 0.2) is 0 Å². The third kappa shape index (κ3) is 3.58. The number of amides is 1. The van der Waals surface area contributed by atoms with Crippen LogP contribution in [0.3, 0.4) is 0 Å². The number of hydrogen-bond acceptors (Lipinski definition) is 4. The summed E-state index contributed by atoms with van der Waals surface area (Å²) in [6.07, 6.45) is 5.04. The van der Waals surface area contributed by atoms with Crippen molar-refractivity contribution in [3.8, 4) is 0 Å². The first kappa shape index (κ1) is 18.0. The molecule has 1 saturated heterocycles. The topological polar surface area (TPSA) is 61.8 Å². The monoisotopic (exact) mass is 332 g/mol. The predicted octanol–water partition coefficient (Wildman–Crippen LogP) is 1.19. The average molecular weight is 333 g/mol. The van der Waals surface area contributed by atoms with E-state index in [2.05, 4.69) is 5.32 Å². The summed E-state index contributed by atoms with van der Waals surface area (Å²) in [6, 6.07) is 0. The standard InChI is InChI=1S/C16H28N2O3.ClH/c1-2-21-14-9-13(19)16(14)5-7-18(8-6-16)15(20)11-17-10-12-3-4-12;/h12-14,17,19H,2-11H2,1H3;1H. The number of carbonyl (C=O) groups excluding carboxylic acids is 1. The number of aliphatic hydroxyl groups is 1. The van der Waals surface area contributed by atoms with E-state index >= 15 is 0 Å². The average Bonchev–Trinajstić information content (AvgIpc) is 3.31. The van der Waals surface area contributed by atoms with Gasteiger partial charge in [-0.15, -0.1) is 12.4 Å². The molecule has 1 heterocycles. The van der Waals surface area contributed by atoms with Gasteiger partial charge in [-0.3, -0.25) is 4.79 Å². The lowest BCUT2D eigenvalue weighted by atomic mass is 9.58. The van der Waals surface area contributed by atoms with Crippen molar-refractivity contribution >= 4 is 18.3 Å². The van der Waals surface area contributed by atoms with E-state index in [1.807, 2.05) is 11.8 Å². The molecule has 3 rings (SSSR count). The van der Waals surface area contributed by atoms with E-state index in [0.717, 1.165) is 44.8 Å². The van der Waals surface area contributed by atoms with Crippen molar-refractivity contribution in [1.82, 2.24) is 10.2 Å². The van der Waals surface area contributed by atoms with Crippen LogP contribution in [0.5, 0.6) is 0 Å². The van der Waals surface area contributed by atoms with Gasteiger partial charge in [0.25, 0.3) is 0 Å². The van der Waals surface area contributed by atoms with Crippen molar-refractivity contribution in [3.05, 3.63) is 0 Å². The Morgan fingerprint density at radius 3 is 2.59 bits per heavy atom. The Labute approximate surface area is 139 Å². The smallest absolute Gasteiger partial charge is 0.236 e. The number of halogens is 1. The van der Waals surface area contributed by atoms with Gasteiger partial charge in [-0.2, -0.15) is 0 Å². The highest BCUT2D eigenvalue weighted by atomic mass is 35.5. The molecule has 6 heteroatoms. The fourth-order valence-electron chi connectivity index (χ4n) is 3.81. The van der Waals surface area contributed by atoms with Gasteiger partial charge in [-0.1, -0.05) is 0 Å². The molecule has 2 N–H and O–H groups in total. The number of likely N-dealkylation sites (tertiary alicyclic amines) is 1. The van der Waals surface area contributed by atoms with E-state index in [-0.39, 0.29) is 35.9 Å². The summed E-state index contributed by atoms with van der Waals surface area (Å²) in [6.45, 7) is 5.65. The molecule has 3 aliphatic rings. The molecule has 5 nitrogen and oxygen atoms in total. The Morgan fingerprint density at radius 1 is 1.36 bits per heavy atom. The molecular formula is C16H29ClN2O3. The van der Waals surface area contributed by atoms with Crippen LogP contribution in [0.2, 0.25) is 0 Å². The van der Waals surface area contributed by atoms with Gasteiger partial charge >= 0.3 is 0 Å². The molecule has 3 fully saturated rings. The lowest BCUT2D eigenvalue weighted by Crippen LogP contribution is -2.63. The zero-order chi connectivity index (χ0) is 14.9. The number of rotatable bonds is 6. The summed E-state index contributed by atoms with van der Waals surface area (Å²) in [5.74, 6) is 1.01. The molecule has 22 heavy (non-hydrogen) atoms. The van der Waals surface area contributed by atoms with Crippen LogP contribution in [0, 0.1) is 11.3 Å². The van der Waals surface area contributed by atoms with Crippen LogP contribution >= 0.6 is 12.4 Å². The highest BCUT2D eigenvalue weighted by molar-refractivity contribution is 5.85. The van der Waals surface area contributed by atoms with Gasteiger partial charge < -0.3 is 20.1 Å². The Balaban J connectivity index is 0.00000176. The van der Waals surface area contributed by atoms with Crippen LogP contribution in [0.25, 0.3) is 0 Å². The Kier molecular flexibility index (Phi) is 6.11. The minimum Gasteiger partial charge on any atom is -0.392 e. The first-order chi connectivity index (χ1) is 10.2. The quantitative estimate of drug-likeness (QED) is 0.767. The second-order valence-electron chi connectivity index (χ2n) is 6.88. The summed E-state index contributed by atoms with van der Waals surface area (Å²) in [7, 11) is 0. The number of ether oxygens (including phenoxy) is 1. The van der Waals surface area contributed by atoms with Crippen LogP contribution < -0.4 is 5.32 Å². The lowest BCUT2D eigenvalue weighted by Gasteiger charge is -2.56. The van der Waals surface area contributed by atoms with E-state index in [4.69, 9.17) is 4.74 Å². The highest BCUT2D eigenvalue weighted by Gasteiger charge is 2.56. The van der Waals surface area contributed by atoms with E-state index in [9.17, 15) is 9.90 Å². The Bertz CT molecular complexity index is 380. The van der Waals surface area contributed by atoms with E-state index in [1.165, 1.54) is 12.8 Å². The number of carbonyl (C=O) groups is 1. The van der Waals surface area contributed by atoms with Crippen molar-refractivity contribution in [1.29, 1.82) is 0 Å². The van der Waals surface area contributed by atoms with Crippen molar-refractivity contribution < 1.29 is 14.6 Å². The summed E-state index contributed by atoms with van der Waals surface area (Å²) >= 11 is 0. The summed E-state index contributed by atoms with van der Waals surface area (Å²) in [5.41, 5.74) is -0.0891. The van der Waals surface area contributed by atoms with Gasteiger partial charge in [0, 0.05) is 31.5 Å². The van der Waals surface area contributed by atoms with E-state index in [0.29, 0.717) is 13.2 Å². The highest BCUT2D eigenvalue weighted by Crippen LogP contribution is 2.50. The third-order valence-electron chi connectivity index (χ3n) is 5.56. The predicted molar refractivity (Wildman–Crippen MR) is 87.1 cm³/mol. The molecule has 0 aromatic carbocycles. The van der Waals surface area contributed by atoms with Gasteiger partial charge in [0.2, 0.25) is 5.91 Å². The van der Waals surface area contributed by atoms with E-state index < -0.39 is 0 Å². The Morgan fingerprint density at radius 2 is 2.05 bits per heavy atom. The van der Waals surface area contributed by atoms with Crippen LogP contribution in [-0.4, -0.2) is 60.9 Å². The van der Waals surface area contributed by atoms with Gasteiger partial charge in [0.1, 0.15) is 0 Å². The maximum Gasteiger partial charge on any atom is 0.236 e. The summed E-state index contributed by atoms with van der Waals surface area (Å²) < 4.78 is 5.76.